The van der Waals surface area contributed by atoms with Crippen molar-refractivity contribution in [1.29, 1.82) is 0 Å². The molecule has 0 fully saturated rings. The van der Waals surface area contributed by atoms with Crippen molar-refractivity contribution in [2.24, 2.45) is 0 Å². The molecule has 4 rings (SSSR count). The van der Waals surface area contributed by atoms with Crippen molar-refractivity contribution in [3.8, 4) is 0 Å². The molecule has 1 aromatic carbocycles. The van der Waals surface area contributed by atoms with Crippen molar-refractivity contribution in [2.75, 3.05) is 0 Å². The first kappa shape index (κ1) is 15.6. The molecule has 6 nitrogen and oxygen atoms in total. The highest BCUT2D eigenvalue weighted by Gasteiger charge is 2.16. The molecule has 3 heterocycles. The summed E-state index contributed by atoms with van der Waals surface area (Å²) in [6.45, 7) is 4.15. The molecule has 0 saturated heterocycles. The van der Waals surface area contributed by atoms with Crippen molar-refractivity contribution in [2.45, 2.75) is 20.4 Å². The lowest BCUT2D eigenvalue weighted by Crippen LogP contribution is -2.23. The predicted molar refractivity (Wildman–Crippen MR) is 97.6 cm³/mol. The number of thiophene rings is 1. The molecule has 1 N–H and O–H groups in total. The Morgan fingerprint density at radius 1 is 1.16 bits per heavy atom. The third kappa shape index (κ3) is 2.83. The Balaban J connectivity index is 1.63. The van der Waals surface area contributed by atoms with Gasteiger partial charge in [-0.1, -0.05) is 12.1 Å². The van der Waals surface area contributed by atoms with Gasteiger partial charge in [0.1, 0.15) is 10.7 Å². The summed E-state index contributed by atoms with van der Waals surface area (Å²) in [6.07, 6.45) is 3.32. The van der Waals surface area contributed by atoms with E-state index in [1.54, 1.807) is 12.4 Å². The number of rotatable bonds is 3. The predicted octanol–water partition coefficient (Wildman–Crippen LogP) is 3.18. The molecule has 0 aliphatic heterocycles. The fraction of sp³-hybridized carbons (Fsp3) is 0.167. The standard InChI is InChI=1S/C18H15N5OS/c1-10-15-13(9-25-18(15)23-11(2)22-10)17(24)21-8-12-4-3-5-14-16(12)20-7-6-19-14/h3-7,9H,8H2,1-2H3,(H,21,24). The first-order valence-corrected chi connectivity index (χ1v) is 8.70. The average molecular weight is 349 g/mol. The Kier molecular flexibility index (Phi) is 3.85. The van der Waals surface area contributed by atoms with Gasteiger partial charge in [0.15, 0.2) is 0 Å². The fourth-order valence-corrected chi connectivity index (χ4v) is 3.90. The zero-order chi connectivity index (χ0) is 17.4. The number of hydrogen-bond donors (Lipinski definition) is 1. The topological polar surface area (TPSA) is 80.7 Å². The molecule has 7 heteroatoms. The second kappa shape index (κ2) is 6.18. The van der Waals surface area contributed by atoms with E-state index in [4.69, 9.17) is 0 Å². The summed E-state index contributed by atoms with van der Waals surface area (Å²) >= 11 is 1.46. The van der Waals surface area contributed by atoms with E-state index in [0.29, 0.717) is 17.9 Å². The molecule has 124 valence electrons. The Hall–Kier alpha value is -2.93. The first-order valence-electron chi connectivity index (χ1n) is 7.83. The number of fused-ring (bicyclic) bond motifs is 2. The number of aromatic nitrogens is 4. The maximum atomic E-state index is 12.7. The van der Waals surface area contributed by atoms with Gasteiger partial charge in [-0.15, -0.1) is 11.3 Å². The van der Waals surface area contributed by atoms with Crippen LogP contribution in [0.2, 0.25) is 0 Å². The lowest BCUT2D eigenvalue weighted by Gasteiger charge is -2.07. The molecular formula is C18H15N5OS. The van der Waals surface area contributed by atoms with Gasteiger partial charge in [-0.25, -0.2) is 9.97 Å². The number of para-hydroxylation sites is 1. The molecule has 4 aromatic rings. The summed E-state index contributed by atoms with van der Waals surface area (Å²) < 4.78 is 0. The van der Waals surface area contributed by atoms with E-state index in [1.807, 2.05) is 37.4 Å². The second-order valence-corrected chi connectivity index (χ2v) is 6.57. The van der Waals surface area contributed by atoms with E-state index in [1.165, 1.54) is 11.3 Å². The molecule has 0 aliphatic carbocycles. The molecule has 3 aromatic heterocycles. The molecular weight excluding hydrogens is 334 g/mol. The molecule has 25 heavy (non-hydrogen) atoms. The van der Waals surface area contributed by atoms with Gasteiger partial charge >= 0.3 is 0 Å². The Labute approximate surface area is 148 Å². The summed E-state index contributed by atoms with van der Waals surface area (Å²) in [5.74, 6) is 0.579. The minimum atomic E-state index is -0.136. The molecule has 0 atom stereocenters. The minimum absolute atomic E-state index is 0.136. The first-order chi connectivity index (χ1) is 12.1. The monoisotopic (exact) mass is 349 g/mol. The second-order valence-electron chi connectivity index (χ2n) is 5.71. The third-order valence-corrected chi connectivity index (χ3v) is 4.86. The normalized spacial score (nSPS) is 11.1. The maximum absolute atomic E-state index is 12.7. The van der Waals surface area contributed by atoms with Gasteiger partial charge in [0.05, 0.1) is 22.3 Å². The van der Waals surface area contributed by atoms with Crippen molar-refractivity contribution in [1.82, 2.24) is 25.3 Å². The van der Waals surface area contributed by atoms with Gasteiger partial charge in [0, 0.05) is 29.7 Å². The van der Waals surface area contributed by atoms with Crippen LogP contribution in [0.5, 0.6) is 0 Å². The lowest BCUT2D eigenvalue weighted by atomic mass is 10.1. The van der Waals surface area contributed by atoms with E-state index >= 15 is 0 Å². The smallest absolute Gasteiger partial charge is 0.253 e. The van der Waals surface area contributed by atoms with Crippen LogP contribution in [0.3, 0.4) is 0 Å². The molecule has 0 aliphatic rings. The number of aryl methyl sites for hydroxylation is 2. The lowest BCUT2D eigenvalue weighted by molar-refractivity contribution is 0.0953. The van der Waals surface area contributed by atoms with Gasteiger partial charge < -0.3 is 5.32 Å². The zero-order valence-electron chi connectivity index (χ0n) is 13.8. The van der Waals surface area contributed by atoms with Crippen molar-refractivity contribution in [3.05, 3.63) is 58.6 Å². The molecule has 0 saturated carbocycles. The molecule has 1 amide bonds. The minimum Gasteiger partial charge on any atom is -0.348 e. The van der Waals surface area contributed by atoms with E-state index in [2.05, 4.69) is 25.3 Å². The van der Waals surface area contributed by atoms with Gasteiger partial charge in [-0.3, -0.25) is 14.8 Å². The number of nitrogens with one attached hydrogen (secondary N) is 1. The number of benzene rings is 1. The molecule has 0 unspecified atom stereocenters. The molecule has 0 radical (unpaired) electrons. The Bertz CT molecular complexity index is 1100. The number of amides is 1. The summed E-state index contributed by atoms with van der Waals surface area (Å²) in [5, 5.41) is 5.63. The van der Waals surface area contributed by atoms with Crippen LogP contribution >= 0.6 is 11.3 Å². The third-order valence-electron chi connectivity index (χ3n) is 3.99. The fourth-order valence-electron chi connectivity index (χ4n) is 2.88. The van der Waals surface area contributed by atoms with Crippen LogP contribution in [0.4, 0.5) is 0 Å². The van der Waals surface area contributed by atoms with Crippen LogP contribution in [0.1, 0.15) is 27.4 Å². The molecule has 0 spiro atoms. The van der Waals surface area contributed by atoms with Gasteiger partial charge in [-0.05, 0) is 25.5 Å². The van der Waals surface area contributed by atoms with Gasteiger partial charge in [0.2, 0.25) is 0 Å². The summed E-state index contributed by atoms with van der Waals surface area (Å²) in [7, 11) is 0. The van der Waals surface area contributed by atoms with E-state index in [9.17, 15) is 4.79 Å². The largest absolute Gasteiger partial charge is 0.348 e. The van der Waals surface area contributed by atoms with Gasteiger partial charge in [0.25, 0.3) is 5.91 Å². The zero-order valence-corrected chi connectivity index (χ0v) is 14.6. The summed E-state index contributed by atoms with van der Waals surface area (Å²) in [6, 6.07) is 5.77. The SMILES string of the molecule is Cc1nc(C)c2c(C(=O)NCc3cccc4nccnc34)csc2n1. The van der Waals surface area contributed by atoms with E-state index < -0.39 is 0 Å². The average Bonchev–Trinajstić information content (AvgIpc) is 3.04. The van der Waals surface area contributed by atoms with Crippen molar-refractivity contribution < 1.29 is 4.79 Å². The van der Waals surface area contributed by atoms with E-state index in [0.717, 1.165) is 32.5 Å². The van der Waals surface area contributed by atoms with Crippen LogP contribution in [-0.2, 0) is 6.54 Å². The van der Waals surface area contributed by atoms with Crippen LogP contribution in [0.25, 0.3) is 21.3 Å². The van der Waals surface area contributed by atoms with Crippen LogP contribution < -0.4 is 5.32 Å². The van der Waals surface area contributed by atoms with E-state index in [-0.39, 0.29) is 5.91 Å². The van der Waals surface area contributed by atoms with Crippen LogP contribution in [-0.4, -0.2) is 25.8 Å². The number of nitrogens with zero attached hydrogens (tertiary/aromatic N) is 4. The molecule has 0 bridgehead atoms. The number of hydrogen-bond acceptors (Lipinski definition) is 6. The highest BCUT2D eigenvalue weighted by atomic mass is 32.1. The highest BCUT2D eigenvalue weighted by Crippen LogP contribution is 2.26. The highest BCUT2D eigenvalue weighted by molar-refractivity contribution is 7.17. The Morgan fingerprint density at radius 3 is 2.88 bits per heavy atom. The number of carbonyl (C=O) groups excluding carboxylic acids is 1. The quantitative estimate of drug-likeness (QED) is 0.614. The Morgan fingerprint density at radius 2 is 2.00 bits per heavy atom. The van der Waals surface area contributed by atoms with Gasteiger partial charge in [-0.2, -0.15) is 0 Å². The van der Waals surface area contributed by atoms with Crippen molar-refractivity contribution >= 4 is 38.5 Å². The summed E-state index contributed by atoms with van der Waals surface area (Å²) in [5.41, 5.74) is 3.99. The summed E-state index contributed by atoms with van der Waals surface area (Å²) in [4.78, 5) is 30.9. The van der Waals surface area contributed by atoms with Crippen LogP contribution in [0, 0.1) is 13.8 Å². The maximum Gasteiger partial charge on any atom is 0.253 e. The van der Waals surface area contributed by atoms with Crippen molar-refractivity contribution in [3.63, 3.8) is 0 Å². The van der Waals surface area contributed by atoms with Crippen LogP contribution in [0.15, 0.2) is 36.0 Å². The number of carbonyl (C=O) groups is 1.